The van der Waals surface area contributed by atoms with Crippen LogP contribution < -0.4 is 0 Å². The predicted molar refractivity (Wildman–Crippen MR) is 126 cm³/mol. The summed E-state index contributed by atoms with van der Waals surface area (Å²) in [4.78, 5) is 20.4. The Bertz CT molecular complexity index is 1010. The number of likely N-dealkylation sites (N-methyl/N-ethyl adjacent to an activating group) is 1. The molecule has 4 nitrogen and oxygen atoms in total. The number of piperidine rings is 1. The number of nitrogens with zero attached hydrogens (tertiary/aromatic N) is 2. The molecule has 1 amide bonds. The Balaban J connectivity index is 0.000000858. The maximum atomic E-state index is 13.5. The van der Waals surface area contributed by atoms with E-state index in [1.807, 2.05) is 4.90 Å². The van der Waals surface area contributed by atoms with Gasteiger partial charge in [-0.3, -0.25) is 4.79 Å². The minimum absolute atomic E-state index is 0.0224. The second kappa shape index (κ2) is 10.1. The van der Waals surface area contributed by atoms with Gasteiger partial charge in [0.05, 0.1) is 0 Å². The molecule has 1 aliphatic rings. The fourth-order valence-corrected chi connectivity index (χ4v) is 4.23. The van der Waals surface area contributed by atoms with E-state index >= 15 is 0 Å². The van der Waals surface area contributed by atoms with E-state index in [0.29, 0.717) is 24.7 Å². The molecule has 2 atom stereocenters. The first kappa shape index (κ1) is 23.0. The Hall–Kier alpha value is -2.66. The number of hydrogen-bond donors (Lipinski definition) is 1. The van der Waals surface area contributed by atoms with Gasteiger partial charge < -0.3 is 14.8 Å². The molecule has 2 aromatic carbocycles. The maximum Gasteiger partial charge on any atom is 0.270 e. The number of hydrogen-bond acceptors (Lipinski definition) is 2. The molecule has 31 heavy (non-hydrogen) atoms. The molecule has 2 heterocycles. The lowest BCUT2D eigenvalue weighted by atomic mass is 9.84. The number of aromatic amines is 1. The van der Waals surface area contributed by atoms with Crippen molar-refractivity contribution in [3.63, 3.8) is 0 Å². The van der Waals surface area contributed by atoms with Gasteiger partial charge in [-0.25, -0.2) is 4.39 Å². The molecule has 2 unspecified atom stereocenters. The van der Waals surface area contributed by atoms with E-state index in [1.165, 1.54) is 29.7 Å². The highest BCUT2D eigenvalue weighted by Gasteiger charge is 2.34. The molecule has 1 aromatic heterocycles. The lowest BCUT2D eigenvalue weighted by Crippen LogP contribution is -2.51. The van der Waals surface area contributed by atoms with Gasteiger partial charge in [0.25, 0.3) is 5.91 Å². The van der Waals surface area contributed by atoms with Crippen LogP contribution in [-0.2, 0) is 0 Å². The van der Waals surface area contributed by atoms with Crippen molar-refractivity contribution in [2.45, 2.75) is 45.6 Å². The summed E-state index contributed by atoms with van der Waals surface area (Å²) in [6.45, 7) is 7.74. The summed E-state index contributed by atoms with van der Waals surface area (Å²) in [7, 11) is 4.15. The van der Waals surface area contributed by atoms with Crippen molar-refractivity contribution < 1.29 is 9.18 Å². The van der Waals surface area contributed by atoms with E-state index < -0.39 is 0 Å². The van der Waals surface area contributed by atoms with Crippen LogP contribution in [0.1, 0.15) is 54.2 Å². The summed E-state index contributed by atoms with van der Waals surface area (Å²) in [6, 6.07) is 15.3. The number of aryl methyl sites for hydroxylation is 1. The molecule has 1 N–H and O–H groups in total. The highest BCUT2D eigenvalue weighted by Crippen LogP contribution is 2.32. The van der Waals surface area contributed by atoms with Gasteiger partial charge in [0.2, 0.25) is 0 Å². The lowest BCUT2D eigenvalue weighted by molar-refractivity contribution is 0.0593. The van der Waals surface area contributed by atoms with Crippen LogP contribution in [0.2, 0.25) is 0 Å². The van der Waals surface area contributed by atoms with E-state index in [1.54, 1.807) is 12.1 Å². The number of H-pyrrole nitrogens is 1. The van der Waals surface area contributed by atoms with Gasteiger partial charge in [-0.05, 0) is 57.3 Å². The summed E-state index contributed by atoms with van der Waals surface area (Å²) in [5.41, 5.74) is 3.89. The third-order valence-electron chi connectivity index (χ3n) is 5.85. The standard InChI is InChI=1S/C23H26FN3O.C3H8/c1-15-4-6-16(7-5-15)19-10-11-27(14-22(19)26(2)3)23(28)21-13-17-12-18(24)8-9-20(17)25-21;1-3-2/h4-9,12-13,19,22,25H,10-11,14H2,1-3H3;3H2,1-2H3. The van der Waals surface area contributed by atoms with Gasteiger partial charge in [0, 0.05) is 36.0 Å². The van der Waals surface area contributed by atoms with Gasteiger partial charge in [-0.15, -0.1) is 0 Å². The first-order chi connectivity index (χ1) is 14.8. The first-order valence-electron chi connectivity index (χ1n) is 11.1. The molecule has 166 valence electrons. The van der Waals surface area contributed by atoms with E-state index in [-0.39, 0.29) is 17.8 Å². The van der Waals surface area contributed by atoms with Gasteiger partial charge in [0.1, 0.15) is 11.5 Å². The normalized spacial score (nSPS) is 18.7. The van der Waals surface area contributed by atoms with E-state index in [0.717, 1.165) is 17.3 Å². The number of benzene rings is 2. The predicted octanol–water partition coefficient (Wildman–Crippen LogP) is 5.59. The van der Waals surface area contributed by atoms with Gasteiger partial charge in [0.15, 0.2) is 0 Å². The molecule has 3 aromatic rings. The number of aromatic nitrogens is 1. The largest absolute Gasteiger partial charge is 0.351 e. The molecular formula is C26H34FN3O. The molecule has 0 bridgehead atoms. The second-order valence-electron chi connectivity index (χ2n) is 8.71. The molecule has 0 radical (unpaired) electrons. The molecule has 1 fully saturated rings. The molecule has 5 heteroatoms. The Kier molecular flexibility index (Phi) is 7.50. The number of rotatable bonds is 3. The molecule has 1 saturated heterocycles. The average Bonchev–Trinajstić information content (AvgIpc) is 3.17. The molecule has 0 aliphatic carbocycles. The maximum absolute atomic E-state index is 13.5. The van der Waals surface area contributed by atoms with Gasteiger partial charge in [-0.2, -0.15) is 0 Å². The van der Waals surface area contributed by atoms with Crippen molar-refractivity contribution in [3.05, 3.63) is 71.2 Å². The fourth-order valence-electron chi connectivity index (χ4n) is 4.23. The number of halogens is 1. The number of fused-ring (bicyclic) bond motifs is 1. The lowest BCUT2D eigenvalue weighted by Gasteiger charge is -2.42. The number of amides is 1. The molecule has 0 spiro atoms. The average molecular weight is 424 g/mol. The Morgan fingerprint density at radius 1 is 1.13 bits per heavy atom. The fraction of sp³-hybridized carbons (Fsp3) is 0.423. The van der Waals surface area contributed by atoms with Crippen LogP contribution in [0.15, 0.2) is 48.5 Å². The smallest absolute Gasteiger partial charge is 0.270 e. The summed E-state index contributed by atoms with van der Waals surface area (Å²) >= 11 is 0. The zero-order valence-electron chi connectivity index (χ0n) is 19.3. The molecule has 0 saturated carbocycles. The Morgan fingerprint density at radius 2 is 1.81 bits per heavy atom. The highest BCUT2D eigenvalue weighted by atomic mass is 19.1. The topological polar surface area (TPSA) is 39.3 Å². The van der Waals surface area contributed by atoms with Crippen LogP contribution in [0.4, 0.5) is 4.39 Å². The Morgan fingerprint density at radius 3 is 2.45 bits per heavy atom. The quantitative estimate of drug-likeness (QED) is 0.596. The third kappa shape index (κ3) is 5.34. The van der Waals surface area contributed by atoms with Crippen LogP contribution in [0, 0.1) is 12.7 Å². The summed E-state index contributed by atoms with van der Waals surface area (Å²) in [5, 5.41) is 0.724. The van der Waals surface area contributed by atoms with Crippen molar-refractivity contribution in [1.82, 2.24) is 14.8 Å². The minimum atomic E-state index is -0.294. The van der Waals surface area contributed by atoms with Gasteiger partial charge >= 0.3 is 0 Å². The van der Waals surface area contributed by atoms with Crippen molar-refractivity contribution in [3.8, 4) is 0 Å². The van der Waals surface area contributed by atoms with Crippen molar-refractivity contribution in [2.24, 2.45) is 0 Å². The van der Waals surface area contributed by atoms with Gasteiger partial charge in [-0.1, -0.05) is 50.1 Å². The number of carbonyl (C=O) groups is 1. The van der Waals surface area contributed by atoms with Crippen LogP contribution in [0.3, 0.4) is 0 Å². The molecular weight excluding hydrogens is 389 g/mol. The summed E-state index contributed by atoms with van der Waals surface area (Å²) in [6.07, 6.45) is 2.17. The van der Waals surface area contributed by atoms with E-state index in [4.69, 9.17) is 0 Å². The van der Waals surface area contributed by atoms with Crippen molar-refractivity contribution in [2.75, 3.05) is 27.2 Å². The SMILES string of the molecule is CCC.Cc1ccc(C2CCN(C(=O)c3cc4cc(F)ccc4[nH]3)CC2N(C)C)cc1. The summed E-state index contributed by atoms with van der Waals surface area (Å²) in [5.74, 6) is 0.0827. The second-order valence-corrected chi connectivity index (χ2v) is 8.71. The van der Waals surface area contributed by atoms with Crippen LogP contribution in [-0.4, -0.2) is 53.9 Å². The monoisotopic (exact) mass is 423 g/mol. The first-order valence-corrected chi connectivity index (χ1v) is 11.1. The van der Waals surface area contributed by atoms with Crippen LogP contribution in [0.5, 0.6) is 0 Å². The van der Waals surface area contributed by atoms with Crippen LogP contribution in [0.25, 0.3) is 10.9 Å². The zero-order chi connectivity index (χ0) is 22.5. The van der Waals surface area contributed by atoms with E-state index in [9.17, 15) is 9.18 Å². The zero-order valence-corrected chi connectivity index (χ0v) is 19.3. The number of carbonyl (C=O) groups excluding carboxylic acids is 1. The molecule has 1 aliphatic heterocycles. The Labute approximate surface area is 185 Å². The number of likely N-dealkylation sites (tertiary alicyclic amines) is 1. The number of nitrogens with one attached hydrogen (secondary N) is 1. The van der Waals surface area contributed by atoms with Crippen molar-refractivity contribution >= 4 is 16.8 Å². The van der Waals surface area contributed by atoms with Crippen LogP contribution >= 0.6 is 0 Å². The minimum Gasteiger partial charge on any atom is -0.351 e. The van der Waals surface area contributed by atoms with Crippen molar-refractivity contribution in [1.29, 1.82) is 0 Å². The van der Waals surface area contributed by atoms with E-state index in [2.05, 4.69) is 69.0 Å². The molecule has 4 rings (SSSR count). The highest BCUT2D eigenvalue weighted by molar-refractivity contribution is 5.98. The third-order valence-corrected chi connectivity index (χ3v) is 5.85. The summed E-state index contributed by atoms with van der Waals surface area (Å²) < 4.78 is 13.5.